The molecule has 9 heteroatoms. The number of aliphatic hydroxyl groups excluding tert-OH is 1. The second-order valence-corrected chi connectivity index (χ2v) is 8.11. The molecule has 1 saturated carbocycles. The van der Waals surface area contributed by atoms with Gasteiger partial charge in [0.15, 0.2) is 5.82 Å². The van der Waals surface area contributed by atoms with Crippen LogP contribution in [0.25, 0.3) is 0 Å². The number of aliphatic hydroxyl groups is 1. The molecule has 1 saturated heterocycles. The van der Waals surface area contributed by atoms with Crippen molar-refractivity contribution in [1.82, 2.24) is 25.1 Å². The van der Waals surface area contributed by atoms with Gasteiger partial charge in [0, 0.05) is 29.8 Å². The van der Waals surface area contributed by atoms with E-state index in [1.165, 1.54) is 6.20 Å². The van der Waals surface area contributed by atoms with Crippen LogP contribution < -0.4 is 5.32 Å². The Morgan fingerprint density at radius 2 is 2.21 bits per heavy atom. The zero-order chi connectivity index (χ0) is 19.7. The number of hydrogen-bond acceptors (Lipinski definition) is 7. The second kappa shape index (κ2) is 7.38. The van der Waals surface area contributed by atoms with E-state index in [4.69, 9.17) is 9.84 Å². The van der Waals surface area contributed by atoms with Gasteiger partial charge in [-0.25, -0.2) is 9.78 Å². The van der Waals surface area contributed by atoms with E-state index >= 15 is 0 Å². The number of amides is 1. The Morgan fingerprint density at radius 1 is 1.36 bits per heavy atom. The van der Waals surface area contributed by atoms with E-state index in [1.54, 1.807) is 6.20 Å². The summed E-state index contributed by atoms with van der Waals surface area (Å²) in [5.74, 6) is 1.50. The smallest absolute Gasteiger partial charge is 0.410 e. The molecule has 0 radical (unpaired) electrons. The van der Waals surface area contributed by atoms with Gasteiger partial charge in [-0.05, 0) is 39.5 Å². The summed E-state index contributed by atoms with van der Waals surface area (Å²) in [6, 6.07) is 1.95. The monoisotopic (exact) mass is 386 g/mol. The third-order valence-corrected chi connectivity index (χ3v) is 5.71. The summed E-state index contributed by atoms with van der Waals surface area (Å²) in [5, 5.41) is 19.5. The van der Waals surface area contributed by atoms with Crippen LogP contribution in [0.3, 0.4) is 0 Å². The van der Waals surface area contributed by atoms with Crippen molar-refractivity contribution in [2.75, 3.05) is 11.9 Å². The van der Waals surface area contributed by atoms with Crippen LogP contribution in [0.2, 0.25) is 0 Å². The number of likely N-dealkylation sites (tertiary alicyclic amines) is 1. The number of rotatable bonds is 5. The Morgan fingerprint density at radius 3 is 2.86 bits per heavy atom. The fraction of sp³-hybridized carbons (Fsp3) is 0.579. The molecule has 3 heterocycles. The highest BCUT2D eigenvalue weighted by molar-refractivity contribution is 5.70. The molecule has 3 N–H and O–H groups in total. The van der Waals surface area contributed by atoms with Crippen LogP contribution in [0.5, 0.6) is 0 Å². The van der Waals surface area contributed by atoms with Crippen LogP contribution in [-0.4, -0.2) is 54.5 Å². The average molecular weight is 386 g/mol. The van der Waals surface area contributed by atoms with Crippen molar-refractivity contribution in [3.8, 4) is 0 Å². The maximum atomic E-state index is 12.3. The van der Waals surface area contributed by atoms with E-state index in [2.05, 4.69) is 39.3 Å². The zero-order valence-corrected chi connectivity index (χ0v) is 16.2. The number of H-pyrrole nitrogens is 1. The third-order valence-electron chi connectivity index (χ3n) is 5.71. The van der Waals surface area contributed by atoms with Crippen LogP contribution in [0.4, 0.5) is 16.4 Å². The molecular weight excluding hydrogens is 360 g/mol. The van der Waals surface area contributed by atoms with E-state index in [0.717, 1.165) is 37.9 Å². The molecule has 2 aromatic heterocycles. The predicted molar refractivity (Wildman–Crippen MR) is 102 cm³/mol. The number of anilines is 2. The number of carbonyl (C=O) groups excluding carboxylic acids is 1. The maximum absolute atomic E-state index is 12.3. The summed E-state index contributed by atoms with van der Waals surface area (Å²) >= 11 is 0. The molecule has 0 spiro atoms. The fourth-order valence-corrected chi connectivity index (χ4v) is 3.79. The highest BCUT2D eigenvalue weighted by Gasteiger charge is 2.41. The first-order valence-electron chi connectivity index (χ1n) is 9.67. The molecule has 0 aromatic carbocycles. The number of nitrogens with one attached hydrogen (secondary N) is 2. The van der Waals surface area contributed by atoms with Crippen LogP contribution in [0.15, 0.2) is 18.5 Å². The van der Waals surface area contributed by atoms with Gasteiger partial charge in [-0.3, -0.25) is 10.1 Å². The lowest BCUT2D eigenvalue weighted by atomic mass is 9.90. The van der Waals surface area contributed by atoms with Gasteiger partial charge in [-0.1, -0.05) is 0 Å². The Balaban J connectivity index is 1.31. The zero-order valence-electron chi connectivity index (χ0n) is 16.2. The highest BCUT2D eigenvalue weighted by atomic mass is 16.6. The molecule has 1 aliphatic carbocycles. The first kappa shape index (κ1) is 18.7. The van der Waals surface area contributed by atoms with Gasteiger partial charge in [0.1, 0.15) is 11.9 Å². The van der Waals surface area contributed by atoms with Crippen molar-refractivity contribution in [3.05, 3.63) is 29.8 Å². The summed E-state index contributed by atoms with van der Waals surface area (Å²) in [5.41, 5.74) is 1.45. The van der Waals surface area contributed by atoms with Crippen molar-refractivity contribution in [2.24, 2.45) is 0 Å². The van der Waals surface area contributed by atoms with Gasteiger partial charge in [0.05, 0.1) is 24.7 Å². The molecule has 2 atom stereocenters. The van der Waals surface area contributed by atoms with Crippen LogP contribution in [-0.2, 0) is 11.3 Å². The van der Waals surface area contributed by atoms with Crippen molar-refractivity contribution in [3.63, 3.8) is 0 Å². The second-order valence-electron chi connectivity index (χ2n) is 8.11. The Hall–Kier alpha value is -2.68. The van der Waals surface area contributed by atoms with Gasteiger partial charge >= 0.3 is 6.09 Å². The molecule has 2 fully saturated rings. The first-order valence-corrected chi connectivity index (χ1v) is 9.67. The third kappa shape index (κ3) is 3.80. The molecule has 1 amide bonds. The number of carbonyl (C=O) groups is 1. The van der Waals surface area contributed by atoms with Gasteiger partial charge in [-0.2, -0.15) is 5.10 Å². The minimum atomic E-state index is -0.196. The molecule has 1 aliphatic heterocycles. The highest BCUT2D eigenvalue weighted by Crippen LogP contribution is 2.37. The molecule has 2 unspecified atom stereocenters. The predicted octanol–water partition coefficient (Wildman–Crippen LogP) is 2.69. The van der Waals surface area contributed by atoms with Crippen LogP contribution in [0.1, 0.15) is 56.8 Å². The van der Waals surface area contributed by atoms with Crippen molar-refractivity contribution in [1.29, 1.82) is 0 Å². The summed E-state index contributed by atoms with van der Waals surface area (Å²) < 4.78 is 5.73. The minimum Gasteiger partial charge on any atom is -0.446 e. The van der Waals surface area contributed by atoms with Gasteiger partial charge < -0.3 is 20.1 Å². The first-order chi connectivity index (χ1) is 13.4. The summed E-state index contributed by atoms with van der Waals surface area (Å²) in [4.78, 5) is 22.4. The number of hydrogen-bond donors (Lipinski definition) is 3. The van der Waals surface area contributed by atoms with E-state index in [1.807, 2.05) is 11.0 Å². The maximum Gasteiger partial charge on any atom is 0.410 e. The van der Waals surface area contributed by atoms with Gasteiger partial charge in [-0.15, -0.1) is 0 Å². The van der Waals surface area contributed by atoms with E-state index < -0.39 is 0 Å². The summed E-state index contributed by atoms with van der Waals surface area (Å²) in [6.07, 6.45) is 6.46. The number of aromatic nitrogens is 4. The largest absolute Gasteiger partial charge is 0.446 e. The standard InChI is InChI=1S/C19H26N6O3/c1-19(2)5-6-25(19)18(27)28-14-4-3-12(7-14)15-8-16(24-23-15)22-17-10-20-13(11-26)9-21-17/h8-10,12,14,26H,3-7,11H2,1-2H3,(H2,21,22,23,24). The number of aromatic amines is 1. The SMILES string of the molecule is CC1(C)CCN1C(=O)OC1CCC(c2cc(Nc3cnc(CO)cn3)n[nH]2)C1. The molecule has 9 nitrogen and oxygen atoms in total. The van der Waals surface area contributed by atoms with Crippen molar-refractivity contribution >= 4 is 17.7 Å². The Bertz CT molecular complexity index is 834. The molecular formula is C19H26N6O3. The topological polar surface area (TPSA) is 116 Å². The van der Waals surface area contributed by atoms with Crippen molar-refractivity contribution < 1.29 is 14.6 Å². The van der Waals surface area contributed by atoms with Crippen molar-refractivity contribution in [2.45, 2.75) is 63.7 Å². The van der Waals surface area contributed by atoms with E-state index in [0.29, 0.717) is 17.3 Å². The lowest BCUT2D eigenvalue weighted by Crippen LogP contribution is -2.58. The van der Waals surface area contributed by atoms with Crippen LogP contribution in [0, 0.1) is 0 Å². The fourth-order valence-electron chi connectivity index (χ4n) is 3.79. The molecule has 0 bridgehead atoms. The molecule has 4 rings (SSSR count). The number of ether oxygens (including phenoxy) is 1. The van der Waals surface area contributed by atoms with E-state index in [9.17, 15) is 4.79 Å². The van der Waals surface area contributed by atoms with E-state index in [-0.39, 0.29) is 30.3 Å². The summed E-state index contributed by atoms with van der Waals surface area (Å²) in [6.45, 7) is 4.77. The Kier molecular flexibility index (Phi) is 4.92. The molecule has 2 aromatic rings. The molecule has 2 aliphatic rings. The van der Waals surface area contributed by atoms with Crippen LogP contribution >= 0.6 is 0 Å². The van der Waals surface area contributed by atoms with Gasteiger partial charge in [0.2, 0.25) is 0 Å². The Labute approximate surface area is 163 Å². The van der Waals surface area contributed by atoms with Gasteiger partial charge in [0.25, 0.3) is 0 Å². The molecule has 150 valence electrons. The average Bonchev–Trinajstić information content (AvgIpc) is 3.31. The quantitative estimate of drug-likeness (QED) is 0.723. The minimum absolute atomic E-state index is 0.0505. The lowest BCUT2D eigenvalue weighted by Gasteiger charge is -2.47. The number of nitrogens with zero attached hydrogens (tertiary/aromatic N) is 4. The normalized spacial score (nSPS) is 23.3. The summed E-state index contributed by atoms with van der Waals surface area (Å²) in [7, 11) is 0. The molecule has 28 heavy (non-hydrogen) atoms. The lowest BCUT2D eigenvalue weighted by molar-refractivity contribution is -0.0101.